The number of ether oxygens (including phenoxy) is 2. The summed E-state index contributed by atoms with van der Waals surface area (Å²) in [5.41, 5.74) is 1.22. The number of aromatic nitrogens is 1. The standard InChI is InChI=1S/C27H35N3O4/c1-18(2)28-26(31)16-30-25(21-8-7-9-22(12-21)33-6)13-20-10-11-23(14-24(20)27(30)32)34-17-19(3)15-29(4)5/h7-14,18-19H,15-17H2,1-6H3,(H,28,31)/t19-/m0/s1. The van der Waals surface area contributed by atoms with Gasteiger partial charge >= 0.3 is 0 Å². The van der Waals surface area contributed by atoms with Crippen molar-refractivity contribution in [3.8, 4) is 22.8 Å². The van der Waals surface area contributed by atoms with Crippen LogP contribution in [-0.4, -0.2) is 55.8 Å². The molecule has 0 aliphatic heterocycles. The normalized spacial score (nSPS) is 12.2. The first-order valence-electron chi connectivity index (χ1n) is 11.6. The molecule has 34 heavy (non-hydrogen) atoms. The van der Waals surface area contributed by atoms with Crippen LogP contribution in [0.5, 0.6) is 11.5 Å². The molecule has 0 saturated heterocycles. The van der Waals surface area contributed by atoms with Gasteiger partial charge in [0.2, 0.25) is 5.91 Å². The number of hydrogen-bond acceptors (Lipinski definition) is 5. The zero-order chi connectivity index (χ0) is 24.8. The van der Waals surface area contributed by atoms with E-state index in [1.54, 1.807) is 13.2 Å². The summed E-state index contributed by atoms with van der Waals surface area (Å²) in [6, 6.07) is 14.9. The van der Waals surface area contributed by atoms with E-state index in [9.17, 15) is 9.59 Å². The second-order valence-corrected chi connectivity index (χ2v) is 9.30. The Morgan fingerprint density at radius 2 is 1.82 bits per heavy atom. The molecule has 1 aromatic heterocycles. The second kappa shape index (κ2) is 11.2. The van der Waals surface area contributed by atoms with Crippen molar-refractivity contribution in [3.63, 3.8) is 0 Å². The molecule has 1 N–H and O–H groups in total. The fraction of sp³-hybridized carbons (Fsp3) is 0.407. The minimum atomic E-state index is -0.235. The van der Waals surface area contributed by atoms with Crippen LogP contribution >= 0.6 is 0 Å². The average Bonchev–Trinajstić information content (AvgIpc) is 2.78. The zero-order valence-electron chi connectivity index (χ0n) is 20.9. The van der Waals surface area contributed by atoms with Crippen LogP contribution in [0.4, 0.5) is 0 Å². The Morgan fingerprint density at radius 3 is 2.50 bits per heavy atom. The lowest BCUT2D eigenvalue weighted by Gasteiger charge is -2.18. The molecule has 1 atom stereocenters. The van der Waals surface area contributed by atoms with Crippen LogP contribution in [0.15, 0.2) is 53.3 Å². The van der Waals surface area contributed by atoms with Crippen molar-refractivity contribution in [1.82, 2.24) is 14.8 Å². The molecule has 2 aromatic carbocycles. The summed E-state index contributed by atoms with van der Waals surface area (Å²) in [6.45, 7) is 7.30. The molecule has 0 fully saturated rings. The van der Waals surface area contributed by atoms with E-state index in [1.165, 1.54) is 4.57 Å². The lowest BCUT2D eigenvalue weighted by molar-refractivity contribution is -0.122. The topological polar surface area (TPSA) is 72.8 Å². The summed E-state index contributed by atoms with van der Waals surface area (Å²) in [5.74, 6) is 1.45. The van der Waals surface area contributed by atoms with Crippen molar-refractivity contribution in [1.29, 1.82) is 0 Å². The number of pyridine rings is 1. The number of methoxy groups -OCH3 is 1. The third-order valence-electron chi connectivity index (χ3n) is 5.41. The van der Waals surface area contributed by atoms with Gasteiger partial charge in [0.15, 0.2) is 0 Å². The molecule has 3 aromatic rings. The van der Waals surface area contributed by atoms with Crippen molar-refractivity contribution in [2.75, 3.05) is 34.4 Å². The minimum absolute atomic E-state index is 0.0203. The van der Waals surface area contributed by atoms with Crippen molar-refractivity contribution in [2.45, 2.75) is 33.4 Å². The van der Waals surface area contributed by atoms with Crippen LogP contribution < -0.4 is 20.3 Å². The van der Waals surface area contributed by atoms with E-state index < -0.39 is 0 Å². The lowest BCUT2D eigenvalue weighted by Crippen LogP contribution is -2.36. The maximum atomic E-state index is 13.6. The van der Waals surface area contributed by atoms with Gasteiger partial charge in [0.1, 0.15) is 18.0 Å². The number of amides is 1. The van der Waals surface area contributed by atoms with E-state index in [0.717, 1.165) is 17.5 Å². The summed E-state index contributed by atoms with van der Waals surface area (Å²) in [5, 5.41) is 4.18. The molecule has 0 unspecified atom stereocenters. The highest BCUT2D eigenvalue weighted by atomic mass is 16.5. The van der Waals surface area contributed by atoms with E-state index >= 15 is 0 Å². The fourth-order valence-electron chi connectivity index (χ4n) is 4.02. The van der Waals surface area contributed by atoms with E-state index in [2.05, 4.69) is 17.1 Å². The highest BCUT2D eigenvalue weighted by Crippen LogP contribution is 2.27. The van der Waals surface area contributed by atoms with Gasteiger partial charge in [-0.05, 0) is 63.7 Å². The molecule has 7 nitrogen and oxygen atoms in total. The molecule has 7 heteroatoms. The monoisotopic (exact) mass is 465 g/mol. The molecule has 0 saturated carbocycles. The largest absolute Gasteiger partial charge is 0.497 e. The van der Waals surface area contributed by atoms with Crippen molar-refractivity contribution in [2.24, 2.45) is 5.92 Å². The molecule has 182 valence electrons. The number of fused-ring (bicyclic) bond motifs is 1. The number of hydrogen-bond donors (Lipinski definition) is 1. The van der Waals surface area contributed by atoms with Gasteiger partial charge in [-0.3, -0.25) is 14.2 Å². The van der Waals surface area contributed by atoms with E-state index in [4.69, 9.17) is 9.47 Å². The molecule has 0 spiro atoms. The quantitative estimate of drug-likeness (QED) is 0.493. The van der Waals surface area contributed by atoms with Crippen molar-refractivity contribution in [3.05, 3.63) is 58.9 Å². The molecule has 0 aliphatic carbocycles. The molecule has 1 heterocycles. The van der Waals surface area contributed by atoms with Crippen molar-refractivity contribution >= 4 is 16.7 Å². The molecular weight excluding hydrogens is 430 g/mol. The first-order valence-corrected chi connectivity index (χ1v) is 11.6. The van der Waals surface area contributed by atoms with Crippen LogP contribution in [0.2, 0.25) is 0 Å². The number of carbonyl (C=O) groups is 1. The second-order valence-electron chi connectivity index (χ2n) is 9.30. The molecule has 0 radical (unpaired) electrons. The Labute approximate surface area is 201 Å². The number of rotatable bonds is 10. The van der Waals surface area contributed by atoms with E-state index in [1.807, 2.05) is 70.4 Å². The maximum absolute atomic E-state index is 13.6. The summed E-state index contributed by atoms with van der Waals surface area (Å²) in [4.78, 5) is 28.4. The Morgan fingerprint density at radius 1 is 1.06 bits per heavy atom. The predicted molar refractivity (Wildman–Crippen MR) is 137 cm³/mol. The van der Waals surface area contributed by atoms with Crippen LogP contribution in [-0.2, 0) is 11.3 Å². The molecule has 0 aliphatic rings. The minimum Gasteiger partial charge on any atom is -0.497 e. The van der Waals surface area contributed by atoms with Gasteiger partial charge in [-0.2, -0.15) is 0 Å². The van der Waals surface area contributed by atoms with Gasteiger partial charge in [0.05, 0.1) is 24.8 Å². The summed E-state index contributed by atoms with van der Waals surface area (Å²) < 4.78 is 12.9. The number of carbonyl (C=O) groups excluding carboxylic acids is 1. The van der Waals surface area contributed by atoms with Gasteiger partial charge in [0.25, 0.3) is 5.56 Å². The summed E-state index contributed by atoms with van der Waals surface area (Å²) in [7, 11) is 5.66. The van der Waals surface area contributed by atoms with Gasteiger partial charge in [-0.1, -0.05) is 25.1 Å². The smallest absolute Gasteiger partial charge is 0.259 e. The van der Waals surface area contributed by atoms with Crippen LogP contribution in [0.25, 0.3) is 22.0 Å². The summed E-state index contributed by atoms with van der Waals surface area (Å²) >= 11 is 0. The first-order chi connectivity index (χ1) is 16.2. The molecule has 3 rings (SSSR count). The molecule has 1 amide bonds. The number of benzene rings is 2. The molecule has 0 bridgehead atoms. The molecular formula is C27H35N3O4. The van der Waals surface area contributed by atoms with E-state index in [0.29, 0.717) is 35.1 Å². The Balaban J connectivity index is 2.05. The van der Waals surface area contributed by atoms with Crippen molar-refractivity contribution < 1.29 is 14.3 Å². The van der Waals surface area contributed by atoms with E-state index in [-0.39, 0.29) is 24.1 Å². The van der Waals surface area contributed by atoms with Crippen LogP contribution in [0.3, 0.4) is 0 Å². The third kappa shape index (κ3) is 6.38. The highest BCUT2D eigenvalue weighted by Gasteiger charge is 2.16. The lowest BCUT2D eigenvalue weighted by atomic mass is 10.1. The van der Waals surface area contributed by atoms with Gasteiger partial charge in [0, 0.05) is 24.1 Å². The number of nitrogens with zero attached hydrogens (tertiary/aromatic N) is 2. The third-order valence-corrected chi connectivity index (χ3v) is 5.41. The SMILES string of the molecule is COc1cccc(-c2cc3ccc(OC[C@@H](C)CN(C)C)cc3c(=O)n2CC(=O)NC(C)C)c1. The average molecular weight is 466 g/mol. The number of nitrogens with one attached hydrogen (secondary N) is 1. The Hall–Kier alpha value is -3.32. The highest BCUT2D eigenvalue weighted by molar-refractivity contribution is 5.87. The first kappa shape index (κ1) is 25.3. The van der Waals surface area contributed by atoms with Gasteiger partial charge in [-0.15, -0.1) is 0 Å². The fourth-order valence-corrected chi connectivity index (χ4v) is 4.02. The maximum Gasteiger partial charge on any atom is 0.259 e. The Kier molecular flexibility index (Phi) is 8.34. The van der Waals surface area contributed by atoms with Crippen LogP contribution in [0, 0.1) is 5.92 Å². The predicted octanol–water partition coefficient (Wildman–Crippen LogP) is 3.78. The summed E-state index contributed by atoms with van der Waals surface area (Å²) in [6.07, 6.45) is 0. The van der Waals surface area contributed by atoms with Crippen LogP contribution in [0.1, 0.15) is 20.8 Å². The van der Waals surface area contributed by atoms with Gasteiger partial charge < -0.3 is 19.7 Å². The Bertz CT molecular complexity index is 1200. The van der Waals surface area contributed by atoms with Gasteiger partial charge in [-0.25, -0.2) is 0 Å². The zero-order valence-corrected chi connectivity index (χ0v) is 20.9.